The lowest BCUT2D eigenvalue weighted by molar-refractivity contribution is 0.262. The SMILES string of the molecule is Cc1cc(Br)ccc1NC(=O)Nc1ccc(F)cc1. The highest BCUT2D eigenvalue weighted by Gasteiger charge is 2.05. The average molecular weight is 323 g/mol. The molecular weight excluding hydrogens is 311 g/mol. The third-order valence-corrected chi connectivity index (χ3v) is 3.03. The molecule has 0 saturated carbocycles. The van der Waals surface area contributed by atoms with Crippen LogP contribution in [0.4, 0.5) is 20.6 Å². The van der Waals surface area contributed by atoms with Crippen LogP contribution in [0.2, 0.25) is 0 Å². The first kappa shape index (κ1) is 13.5. The smallest absolute Gasteiger partial charge is 0.308 e. The fraction of sp³-hybridized carbons (Fsp3) is 0.0714. The third kappa shape index (κ3) is 3.79. The standard InChI is InChI=1S/C14H12BrFN2O/c1-9-8-10(15)2-7-13(9)18-14(19)17-12-5-3-11(16)4-6-12/h2-8H,1H3,(H2,17,18,19). The van der Waals surface area contributed by atoms with Crippen molar-refractivity contribution in [1.82, 2.24) is 0 Å². The Labute approximate surface area is 119 Å². The lowest BCUT2D eigenvalue weighted by Gasteiger charge is -2.10. The van der Waals surface area contributed by atoms with Crippen molar-refractivity contribution in [3.05, 3.63) is 58.3 Å². The van der Waals surface area contributed by atoms with Gasteiger partial charge in [-0.05, 0) is 55.0 Å². The molecule has 0 heterocycles. The van der Waals surface area contributed by atoms with E-state index in [4.69, 9.17) is 0 Å². The zero-order valence-corrected chi connectivity index (χ0v) is 11.8. The molecule has 2 aromatic rings. The number of aryl methyl sites for hydroxylation is 1. The second-order valence-electron chi connectivity index (χ2n) is 4.05. The summed E-state index contributed by atoms with van der Waals surface area (Å²) in [6.07, 6.45) is 0. The summed E-state index contributed by atoms with van der Waals surface area (Å²) in [5.74, 6) is -0.338. The molecule has 2 aromatic carbocycles. The predicted molar refractivity (Wildman–Crippen MR) is 77.9 cm³/mol. The third-order valence-electron chi connectivity index (χ3n) is 2.54. The number of rotatable bonds is 2. The highest BCUT2D eigenvalue weighted by molar-refractivity contribution is 9.10. The van der Waals surface area contributed by atoms with Gasteiger partial charge in [0.15, 0.2) is 0 Å². The summed E-state index contributed by atoms with van der Waals surface area (Å²) in [5, 5.41) is 5.37. The predicted octanol–water partition coefficient (Wildman–Crippen LogP) is 4.54. The molecule has 0 fully saturated rings. The van der Waals surface area contributed by atoms with Gasteiger partial charge >= 0.3 is 6.03 Å². The summed E-state index contributed by atoms with van der Waals surface area (Å²) in [5.41, 5.74) is 2.21. The van der Waals surface area contributed by atoms with Crippen molar-refractivity contribution in [2.75, 3.05) is 10.6 Å². The summed E-state index contributed by atoms with van der Waals surface area (Å²) < 4.78 is 13.7. The van der Waals surface area contributed by atoms with E-state index in [-0.39, 0.29) is 11.8 Å². The summed E-state index contributed by atoms with van der Waals surface area (Å²) >= 11 is 3.36. The monoisotopic (exact) mass is 322 g/mol. The van der Waals surface area contributed by atoms with Crippen LogP contribution in [0.5, 0.6) is 0 Å². The second-order valence-corrected chi connectivity index (χ2v) is 4.96. The number of nitrogens with one attached hydrogen (secondary N) is 2. The van der Waals surface area contributed by atoms with Gasteiger partial charge in [0.1, 0.15) is 5.82 Å². The van der Waals surface area contributed by atoms with E-state index in [9.17, 15) is 9.18 Å². The van der Waals surface area contributed by atoms with Crippen molar-refractivity contribution in [3.8, 4) is 0 Å². The number of carbonyl (C=O) groups excluding carboxylic acids is 1. The zero-order chi connectivity index (χ0) is 13.8. The maximum absolute atomic E-state index is 12.7. The fourth-order valence-electron chi connectivity index (χ4n) is 1.59. The van der Waals surface area contributed by atoms with Crippen LogP contribution in [0.25, 0.3) is 0 Å². The van der Waals surface area contributed by atoms with Gasteiger partial charge in [0, 0.05) is 15.8 Å². The molecule has 0 aliphatic rings. The number of amides is 2. The minimum Gasteiger partial charge on any atom is -0.308 e. The Kier molecular flexibility index (Phi) is 4.16. The molecular formula is C14H12BrFN2O. The van der Waals surface area contributed by atoms with E-state index in [1.807, 2.05) is 25.1 Å². The molecule has 0 radical (unpaired) electrons. The number of halogens is 2. The van der Waals surface area contributed by atoms with E-state index in [2.05, 4.69) is 26.6 Å². The molecule has 98 valence electrons. The normalized spacial score (nSPS) is 10.1. The molecule has 2 rings (SSSR count). The van der Waals surface area contributed by atoms with E-state index < -0.39 is 0 Å². The Hall–Kier alpha value is -1.88. The van der Waals surface area contributed by atoms with Gasteiger partial charge in [-0.1, -0.05) is 15.9 Å². The summed E-state index contributed by atoms with van der Waals surface area (Å²) in [6.45, 7) is 1.90. The van der Waals surface area contributed by atoms with Crippen LogP contribution in [0.3, 0.4) is 0 Å². The van der Waals surface area contributed by atoms with Gasteiger partial charge < -0.3 is 10.6 Å². The zero-order valence-electron chi connectivity index (χ0n) is 10.2. The number of anilines is 2. The minimum absolute atomic E-state index is 0.338. The van der Waals surface area contributed by atoms with E-state index in [1.165, 1.54) is 24.3 Å². The van der Waals surface area contributed by atoms with Gasteiger partial charge in [-0.25, -0.2) is 9.18 Å². The van der Waals surface area contributed by atoms with Gasteiger partial charge in [-0.15, -0.1) is 0 Å². The Morgan fingerprint density at radius 2 is 1.79 bits per heavy atom. The van der Waals surface area contributed by atoms with E-state index in [0.29, 0.717) is 5.69 Å². The van der Waals surface area contributed by atoms with Crippen LogP contribution in [0.1, 0.15) is 5.56 Å². The van der Waals surface area contributed by atoms with Crippen molar-refractivity contribution < 1.29 is 9.18 Å². The van der Waals surface area contributed by atoms with E-state index >= 15 is 0 Å². The quantitative estimate of drug-likeness (QED) is 0.837. The van der Waals surface area contributed by atoms with Gasteiger partial charge in [-0.2, -0.15) is 0 Å². The maximum atomic E-state index is 12.7. The first-order chi connectivity index (χ1) is 9.04. The number of carbonyl (C=O) groups is 1. The first-order valence-corrected chi connectivity index (χ1v) is 6.43. The van der Waals surface area contributed by atoms with Crippen molar-refractivity contribution in [2.45, 2.75) is 6.92 Å². The number of urea groups is 1. The molecule has 0 aliphatic heterocycles. The largest absolute Gasteiger partial charge is 0.323 e. The van der Waals surface area contributed by atoms with Crippen LogP contribution >= 0.6 is 15.9 Å². The highest BCUT2D eigenvalue weighted by Crippen LogP contribution is 2.20. The Balaban J connectivity index is 2.03. The maximum Gasteiger partial charge on any atom is 0.323 e. The minimum atomic E-state index is -0.364. The van der Waals surface area contributed by atoms with Crippen LogP contribution in [0.15, 0.2) is 46.9 Å². The summed E-state index contributed by atoms with van der Waals surface area (Å²) in [6, 6.07) is 10.8. The van der Waals surface area contributed by atoms with Crippen molar-refractivity contribution >= 4 is 33.3 Å². The van der Waals surface area contributed by atoms with Gasteiger partial charge in [-0.3, -0.25) is 0 Å². The molecule has 0 aliphatic carbocycles. The van der Waals surface area contributed by atoms with E-state index in [1.54, 1.807) is 0 Å². The molecule has 0 spiro atoms. The highest BCUT2D eigenvalue weighted by atomic mass is 79.9. The molecule has 5 heteroatoms. The molecule has 0 saturated heterocycles. The molecule has 0 aromatic heterocycles. The fourth-order valence-corrected chi connectivity index (χ4v) is 2.06. The number of hydrogen-bond donors (Lipinski definition) is 2. The van der Waals surface area contributed by atoms with Crippen LogP contribution in [-0.4, -0.2) is 6.03 Å². The second kappa shape index (κ2) is 5.84. The molecule has 3 nitrogen and oxygen atoms in total. The van der Waals surface area contributed by atoms with Crippen LogP contribution < -0.4 is 10.6 Å². The molecule has 0 atom stereocenters. The van der Waals surface area contributed by atoms with Gasteiger partial charge in [0.25, 0.3) is 0 Å². The Bertz CT molecular complexity index is 599. The number of benzene rings is 2. The van der Waals surface area contributed by atoms with Crippen molar-refractivity contribution in [3.63, 3.8) is 0 Å². The van der Waals surface area contributed by atoms with Crippen molar-refractivity contribution in [1.29, 1.82) is 0 Å². The molecule has 0 bridgehead atoms. The topological polar surface area (TPSA) is 41.1 Å². The molecule has 0 unspecified atom stereocenters. The lowest BCUT2D eigenvalue weighted by Crippen LogP contribution is -2.19. The van der Waals surface area contributed by atoms with Crippen LogP contribution in [0, 0.1) is 12.7 Å². The lowest BCUT2D eigenvalue weighted by atomic mass is 10.2. The summed E-state index contributed by atoms with van der Waals surface area (Å²) in [7, 11) is 0. The van der Waals surface area contributed by atoms with Crippen molar-refractivity contribution in [2.24, 2.45) is 0 Å². The van der Waals surface area contributed by atoms with E-state index in [0.717, 1.165) is 15.7 Å². The average Bonchev–Trinajstić information content (AvgIpc) is 2.36. The molecule has 2 amide bonds. The first-order valence-electron chi connectivity index (χ1n) is 5.64. The van der Waals surface area contributed by atoms with Gasteiger partial charge in [0.05, 0.1) is 0 Å². The van der Waals surface area contributed by atoms with Gasteiger partial charge in [0.2, 0.25) is 0 Å². The number of hydrogen-bond acceptors (Lipinski definition) is 1. The molecule has 2 N–H and O–H groups in total. The van der Waals surface area contributed by atoms with Crippen LogP contribution in [-0.2, 0) is 0 Å². The Morgan fingerprint density at radius 1 is 1.11 bits per heavy atom. The Morgan fingerprint density at radius 3 is 2.42 bits per heavy atom. The summed E-state index contributed by atoms with van der Waals surface area (Å²) in [4.78, 5) is 11.8. The molecule has 19 heavy (non-hydrogen) atoms.